The number of carbonyl (C=O) groups excluding carboxylic acids is 2. The molecule has 2 amide bonds. The summed E-state index contributed by atoms with van der Waals surface area (Å²) in [6.45, 7) is 3.67. The molecular weight excluding hydrogens is 630 g/mol. The van der Waals surface area contributed by atoms with Crippen molar-refractivity contribution in [1.82, 2.24) is 19.9 Å². The smallest absolute Gasteiger partial charge is 0.389 e. The van der Waals surface area contributed by atoms with Gasteiger partial charge in [0.15, 0.2) is 5.01 Å². The van der Waals surface area contributed by atoms with E-state index < -0.39 is 60.6 Å². The number of nitrogens with one attached hydrogen (secondary N) is 2. The van der Waals surface area contributed by atoms with Gasteiger partial charge in [0.25, 0.3) is 11.8 Å². The molecule has 2 aromatic rings. The standard InChI is InChI=1S/C24H26Cl2F3N5O5S2/c1-12(24(27,28)29)33-41(38,39)15-8-7-14(16(25)17(15)26)19-18(22(36)34-9-5-4-6-13(34)10-30)32-21(40-19)20(35)31-11-23(2,3)37/h7-8,12-13,33,37H,4-6,9,11H2,1-3H3,(H,31,35)/t12-,13?/m0/s1. The summed E-state index contributed by atoms with van der Waals surface area (Å²) >= 11 is 13.4. The zero-order chi connectivity index (χ0) is 30.9. The van der Waals surface area contributed by atoms with Crippen LogP contribution in [-0.2, 0) is 10.0 Å². The zero-order valence-electron chi connectivity index (χ0n) is 22.0. The number of amides is 2. The van der Waals surface area contributed by atoms with Gasteiger partial charge in [-0.05, 0) is 46.1 Å². The van der Waals surface area contributed by atoms with Crippen molar-refractivity contribution >= 4 is 56.4 Å². The third kappa shape index (κ3) is 7.68. The largest absolute Gasteiger partial charge is 0.404 e. The summed E-state index contributed by atoms with van der Waals surface area (Å²) in [7, 11) is -4.78. The Bertz CT molecular complexity index is 1490. The number of carbonyl (C=O) groups is 2. The fourth-order valence-electron chi connectivity index (χ4n) is 3.84. The number of benzene rings is 1. The van der Waals surface area contributed by atoms with Crippen molar-refractivity contribution in [2.45, 2.75) is 68.8 Å². The van der Waals surface area contributed by atoms with Crippen molar-refractivity contribution < 1.29 is 36.3 Å². The number of sulfonamides is 1. The van der Waals surface area contributed by atoms with Gasteiger partial charge in [-0.2, -0.15) is 23.2 Å². The Hall–Kier alpha value is -2.48. The number of hydrogen-bond donors (Lipinski definition) is 3. The Labute approximate surface area is 248 Å². The molecule has 41 heavy (non-hydrogen) atoms. The van der Waals surface area contributed by atoms with Crippen molar-refractivity contribution in [2.75, 3.05) is 13.1 Å². The van der Waals surface area contributed by atoms with Crippen molar-refractivity contribution in [1.29, 1.82) is 5.26 Å². The molecular formula is C24H26Cl2F3N5O5S2. The van der Waals surface area contributed by atoms with Crippen LogP contribution in [0.4, 0.5) is 13.2 Å². The van der Waals surface area contributed by atoms with Crippen LogP contribution in [0, 0.1) is 11.3 Å². The molecule has 1 unspecified atom stereocenters. The van der Waals surface area contributed by atoms with Crippen LogP contribution in [0.15, 0.2) is 17.0 Å². The summed E-state index contributed by atoms with van der Waals surface area (Å²) in [6, 6.07) is 0.976. The molecule has 0 bridgehead atoms. The molecule has 0 aliphatic carbocycles. The summed E-state index contributed by atoms with van der Waals surface area (Å²) in [5, 5.41) is 20.8. The van der Waals surface area contributed by atoms with Gasteiger partial charge in [0.2, 0.25) is 10.0 Å². The number of nitriles is 1. The maximum Gasteiger partial charge on any atom is 0.404 e. The molecule has 2 atom stereocenters. The number of hydrogen-bond acceptors (Lipinski definition) is 8. The minimum absolute atomic E-state index is 0.00704. The Morgan fingerprint density at radius 3 is 2.51 bits per heavy atom. The van der Waals surface area contributed by atoms with Crippen LogP contribution in [0.25, 0.3) is 10.4 Å². The average molecular weight is 657 g/mol. The lowest BCUT2D eigenvalue weighted by Crippen LogP contribution is -2.43. The highest BCUT2D eigenvalue weighted by Crippen LogP contribution is 2.42. The van der Waals surface area contributed by atoms with E-state index >= 15 is 0 Å². The van der Waals surface area contributed by atoms with Crippen LogP contribution in [0.5, 0.6) is 0 Å². The molecule has 1 fully saturated rings. The first-order valence-corrected chi connectivity index (χ1v) is 15.2. The van der Waals surface area contributed by atoms with Crippen LogP contribution in [0.1, 0.15) is 60.3 Å². The first kappa shape index (κ1) is 33.0. The third-order valence-corrected chi connectivity index (χ3v) is 9.69. The molecule has 0 saturated carbocycles. The van der Waals surface area contributed by atoms with Gasteiger partial charge in [-0.25, -0.2) is 13.4 Å². The number of likely N-dealkylation sites (tertiary alicyclic amines) is 1. The van der Waals surface area contributed by atoms with E-state index in [1.165, 1.54) is 23.5 Å². The second-order valence-electron chi connectivity index (χ2n) is 9.95. The van der Waals surface area contributed by atoms with Crippen LogP contribution < -0.4 is 10.0 Å². The summed E-state index contributed by atoms with van der Waals surface area (Å²) in [5.74, 6) is -1.40. The highest BCUT2D eigenvalue weighted by atomic mass is 35.5. The highest BCUT2D eigenvalue weighted by molar-refractivity contribution is 7.89. The predicted molar refractivity (Wildman–Crippen MR) is 146 cm³/mol. The zero-order valence-corrected chi connectivity index (χ0v) is 25.1. The fourth-order valence-corrected chi connectivity index (χ4v) is 7.00. The minimum Gasteiger partial charge on any atom is -0.389 e. The summed E-state index contributed by atoms with van der Waals surface area (Å²) in [5.41, 5.74) is -1.51. The first-order valence-electron chi connectivity index (χ1n) is 12.2. The second-order valence-corrected chi connectivity index (χ2v) is 13.4. The Morgan fingerprint density at radius 1 is 1.27 bits per heavy atom. The Kier molecular flexibility index (Phi) is 9.99. The predicted octanol–water partition coefficient (Wildman–Crippen LogP) is 4.36. The molecule has 17 heteroatoms. The third-order valence-electron chi connectivity index (χ3n) is 6.02. The van der Waals surface area contributed by atoms with Crippen LogP contribution in [0.2, 0.25) is 10.0 Å². The Morgan fingerprint density at radius 2 is 1.93 bits per heavy atom. The number of aliphatic hydroxyl groups is 1. The van der Waals surface area contributed by atoms with E-state index in [0.29, 0.717) is 19.8 Å². The van der Waals surface area contributed by atoms with Crippen molar-refractivity contribution in [3.63, 3.8) is 0 Å². The van der Waals surface area contributed by atoms with Crippen LogP contribution >= 0.6 is 34.5 Å². The molecule has 224 valence electrons. The van der Waals surface area contributed by atoms with Gasteiger partial charge < -0.3 is 15.3 Å². The van der Waals surface area contributed by atoms with E-state index in [9.17, 15) is 41.5 Å². The topological polar surface area (TPSA) is 152 Å². The minimum atomic E-state index is -4.86. The lowest BCUT2D eigenvalue weighted by atomic mass is 10.0. The number of halogens is 5. The molecule has 3 N–H and O–H groups in total. The second kappa shape index (κ2) is 12.4. The SMILES string of the molecule is C[C@H](NS(=O)(=O)c1ccc(-c2sc(C(=O)NCC(C)(C)O)nc2C(=O)N2CCCCC2C#N)c(Cl)c1Cl)C(F)(F)F. The lowest BCUT2D eigenvalue weighted by molar-refractivity contribution is -0.147. The molecule has 2 heterocycles. The van der Waals surface area contributed by atoms with Crippen molar-refractivity contribution in [3.05, 3.63) is 32.9 Å². The van der Waals surface area contributed by atoms with E-state index in [4.69, 9.17) is 23.2 Å². The van der Waals surface area contributed by atoms with Crippen molar-refractivity contribution in [2.24, 2.45) is 0 Å². The number of aromatic nitrogens is 1. The molecule has 10 nitrogen and oxygen atoms in total. The van der Waals surface area contributed by atoms with Gasteiger partial charge in [0.1, 0.15) is 22.7 Å². The Balaban J connectivity index is 2.11. The maximum atomic E-state index is 13.6. The number of piperidine rings is 1. The average Bonchev–Trinajstić information content (AvgIpc) is 3.32. The maximum absolute atomic E-state index is 13.6. The van der Waals surface area contributed by atoms with Crippen LogP contribution in [0.3, 0.4) is 0 Å². The first-order chi connectivity index (χ1) is 18.9. The summed E-state index contributed by atoms with van der Waals surface area (Å²) in [6.07, 6.45) is -3.07. The van der Waals surface area contributed by atoms with E-state index in [1.807, 2.05) is 0 Å². The number of alkyl halides is 3. The van der Waals surface area contributed by atoms with E-state index in [1.54, 1.807) is 0 Å². The van der Waals surface area contributed by atoms with Gasteiger partial charge >= 0.3 is 6.18 Å². The van der Waals surface area contributed by atoms with Crippen molar-refractivity contribution in [3.8, 4) is 16.5 Å². The molecule has 0 radical (unpaired) electrons. The van der Waals surface area contributed by atoms with Gasteiger partial charge in [0, 0.05) is 18.7 Å². The molecule has 1 aromatic carbocycles. The number of thiazole rings is 1. The molecule has 1 aliphatic heterocycles. The fraction of sp³-hybridized carbons (Fsp3) is 0.500. The highest BCUT2D eigenvalue weighted by Gasteiger charge is 2.40. The van der Waals surface area contributed by atoms with E-state index in [0.717, 1.165) is 29.9 Å². The van der Waals surface area contributed by atoms with E-state index in [2.05, 4.69) is 16.4 Å². The van der Waals surface area contributed by atoms with Gasteiger partial charge in [-0.3, -0.25) is 9.59 Å². The van der Waals surface area contributed by atoms with E-state index in [-0.39, 0.29) is 34.2 Å². The van der Waals surface area contributed by atoms with Gasteiger partial charge in [-0.1, -0.05) is 29.3 Å². The quantitative estimate of drug-likeness (QED) is 0.382. The number of rotatable bonds is 8. The lowest BCUT2D eigenvalue weighted by Gasteiger charge is -2.31. The van der Waals surface area contributed by atoms with Crippen LogP contribution in [-0.4, -0.2) is 72.2 Å². The molecule has 0 spiro atoms. The van der Waals surface area contributed by atoms with Gasteiger partial charge in [-0.15, -0.1) is 11.3 Å². The van der Waals surface area contributed by atoms with Gasteiger partial charge in [0.05, 0.1) is 26.6 Å². The normalized spacial score (nSPS) is 17.2. The number of nitrogens with zero attached hydrogens (tertiary/aromatic N) is 3. The molecule has 1 aromatic heterocycles. The summed E-state index contributed by atoms with van der Waals surface area (Å²) < 4.78 is 65.8. The molecule has 1 saturated heterocycles. The summed E-state index contributed by atoms with van der Waals surface area (Å²) in [4.78, 5) is 31.3. The molecule has 1 aliphatic rings. The molecule has 3 rings (SSSR count). The monoisotopic (exact) mass is 655 g/mol.